The Morgan fingerprint density at radius 3 is 2.49 bits per heavy atom. The van der Waals surface area contributed by atoms with E-state index < -0.39 is 29.0 Å². The third kappa shape index (κ3) is 4.32. The fourth-order valence-electron chi connectivity index (χ4n) is 3.59. The van der Waals surface area contributed by atoms with Crippen molar-refractivity contribution < 1.29 is 18.7 Å². The van der Waals surface area contributed by atoms with Crippen LogP contribution in [0.5, 0.6) is 5.75 Å². The van der Waals surface area contributed by atoms with Crippen LogP contribution in [0, 0.1) is 23.0 Å². The molecule has 10 nitrogen and oxygen atoms in total. The van der Waals surface area contributed by atoms with Gasteiger partial charge in [-0.05, 0) is 35.0 Å². The maximum absolute atomic E-state index is 14.2. The first-order valence-corrected chi connectivity index (χ1v) is 10.6. The van der Waals surface area contributed by atoms with Crippen molar-refractivity contribution in [2.24, 2.45) is 10.2 Å². The predicted octanol–water partition coefficient (Wildman–Crippen LogP) is 5.34. The first-order chi connectivity index (χ1) is 18.0. The van der Waals surface area contributed by atoms with Crippen LogP contribution in [-0.2, 0) is 0 Å². The summed E-state index contributed by atoms with van der Waals surface area (Å²) in [6, 6.07) is 14.7. The van der Waals surface area contributed by atoms with E-state index in [2.05, 4.69) is 30.6 Å². The maximum Gasteiger partial charge on any atom is 0.260 e. The molecule has 0 aliphatic heterocycles. The lowest BCUT2D eigenvalue weighted by atomic mass is 10.0. The molecule has 5 aromatic rings. The Bertz CT molecular complexity index is 1710. The fourth-order valence-corrected chi connectivity index (χ4v) is 3.59. The molecule has 2 heterocycles. The van der Waals surface area contributed by atoms with Gasteiger partial charge in [-0.1, -0.05) is 30.3 Å². The lowest BCUT2D eigenvalue weighted by molar-refractivity contribution is 0.102. The van der Waals surface area contributed by atoms with Crippen molar-refractivity contribution in [2.45, 2.75) is 0 Å². The van der Waals surface area contributed by atoms with Crippen LogP contribution >= 0.6 is 0 Å². The zero-order valence-corrected chi connectivity index (χ0v) is 18.7. The van der Waals surface area contributed by atoms with Gasteiger partial charge in [0.25, 0.3) is 11.9 Å². The van der Waals surface area contributed by atoms with Gasteiger partial charge in [-0.15, -0.1) is 10.2 Å². The SMILES string of the molecule is N#Cc1cnn(-c2ncccn2)c1N=Nc1cc2ccccc2c(C(=O)Nc2c(F)cccc2F)c1O. The summed E-state index contributed by atoms with van der Waals surface area (Å²) in [5.74, 6) is -3.39. The zero-order chi connectivity index (χ0) is 25.9. The first-order valence-electron chi connectivity index (χ1n) is 10.6. The molecule has 0 spiro atoms. The third-order valence-electron chi connectivity index (χ3n) is 5.29. The molecule has 0 aliphatic carbocycles. The molecule has 1 amide bonds. The number of anilines is 1. The van der Waals surface area contributed by atoms with Crippen LogP contribution in [0.3, 0.4) is 0 Å². The summed E-state index contributed by atoms with van der Waals surface area (Å²) in [6.07, 6.45) is 4.22. The maximum atomic E-state index is 14.2. The second-order valence-corrected chi connectivity index (χ2v) is 7.55. The summed E-state index contributed by atoms with van der Waals surface area (Å²) in [6.45, 7) is 0. The highest BCUT2D eigenvalue weighted by Gasteiger charge is 2.22. The first kappa shape index (κ1) is 23.2. The Labute approximate surface area is 207 Å². The average Bonchev–Trinajstić information content (AvgIpc) is 3.33. The van der Waals surface area contributed by atoms with Gasteiger partial charge in [-0.25, -0.2) is 18.7 Å². The number of benzene rings is 3. The second kappa shape index (κ2) is 9.59. The molecule has 180 valence electrons. The number of carbonyl (C=O) groups is 1. The van der Waals surface area contributed by atoms with Crippen LogP contribution in [0.25, 0.3) is 16.7 Å². The highest BCUT2D eigenvalue weighted by molar-refractivity contribution is 6.16. The number of fused-ring (bicyclic) bond motifs is 1. The minimum atomic E-state index is -0.978. The van der Waals surface area contributed by atoms with Gasteiger partial charge in [0.2, 0.25) is 0 Å². The van der Waals surface area contributed by atoms with Gasteiger partial charge < -0.3 is 10.4 Å². The predicted molar refractivity (Wildman–Crippen MR) is 128 cm³/mol. The highest BCUT2D eigenvalue weighted by atomic mass is 19.1. The monoisotopic (exact) mass is 496 g/mol. The van der Waals surface area contributed by atoms with E-state index in [9.17, 15) is 23.9 Å². The Morgan fingerprint density at radius 2 is 1.76 bits per heavy atom. The average molecular weight is 496 g/mol. The zero-order valence-electron chi connectivity index (χ0n) is 18.7. The Kier molecular flexibility index (Phi) is 6.01. The fraction of sp³-hybridized carbons (Fsp3) is 0. The van der Waals surface area contributed by atoms with Crippen molar-refractivity contribution in [3.63, 3.8) is 0 Å². The number of aromatic nitrogens is 4. The van der Waals surface area contributed by atoms with Crippen LogP contribution in [-0.4, -0.2) is 30.8 Å². The summed E-state index contributed by atoms with van der Waals surface area (Å²) >= 11 is 0. The Morgan fingerprint density at radius 1 is 1.03 bits per heavy atom. The van der Waals surface area contributed by atoms with E-state index in [1.807, 2.05) is 6.07 Å². The van der Waals surface area contributed by atoms with Crippen molar-refractivity contribution in [3.05, 3.63) is 95.9 Å². The topological polar surface area (TPSA) is 141 Å². The van der Waals surface area contributed by atoms with E-state index in [0.29, 0.717) is 10.8 Å². The number of hydrogen-bond acceptors (Lipinski definition) is 8. The van der Waals surface area contributed by atoms with Gasteiger partial charge in [-0.3, -0.25) is 4.79 Å². The number of para-hydroxylation sites is 1. The molecule has 2 aromatic heterocycles. The summed E-state index contributed by atoms with van der Waals surface area (Å²) in [5.41, 5.74) is -1.00. The van der Waals surface area contributed by atoms with Crippen LogP contribution in [0.4, 0.5) is 26.0 Å². The molecule has 0 bridgehead atoms. The van der Waals surface area contributed by atoms with E-state index >= 15 is 0 Å². The molecule has 3 aromatic carbocycles. The highest BCUT2D eigenvalue weighted by Crippen LogP contribution is 2.38. The minimum absolute atomic E-state index is 0.0133. The van der Waals surface area contributed by atoms with Gasteiger partial charge in [0, 0.05) is 12.4 Å². The third-order valence-corrected chi connectivity index (χ3v) is 5.29. The van der Waals surface area contributed by atoms with Crippen molar-refractivity contribution in [2.75, 3.05) is 5.32 Å². The van der Waals surface area contributed by atoms with Crippen LogP contribution in [0.2, 0.25) is 0 Å². The van der Waals surface area contributed by atoms with Gasteiger partial charge in [-0.2, -0.15) is 15.0 Å². The van der Waals surface area contributed by atoms with E-state index in [4.69, 9.17) is 0 Å². The van der Waals surface area contributed by atoms with Crippen molar-refractivity contribution in [3.8, 4) is 17.8 Å². The molecule has 37 heavy (non-hydrogen) atoms. The number of aromatic hydroxyl groups is 1. The number of phenols is 1. The number of nitriles is 1. The van der Waals surface area contributed by atoms with E-state index in [1.165, 1.54) is 29.3 Å². The molecule has 0 fully saturated rings. The number of hydrogen-bond donors (Lipinski definition) is 2. The summed E-state index contributed by atoms with van der Waals surface area (Å²) in [4.78, 5) is 21.3. The number of azo groups is 1. The summed E-state index contributed by atoms with van der Waals surface area (Å²) in [7, 11) is 0. The Hall–Kier alpha value is -5.57. The van der Waals surface area contributed by atoms with Gasteiger partial charge >= 0.3 is 0 Å². The van der Waals surface area contributed by atoms with Crippen LogP contribution < -0.4 is 5.32 Å². The number of rotatable bonds is 5. The summed E-state index contributed by atoms with van der Waals surface area (Å²) < 4.78 is 29.5. The van der Waals surface area contributed by atoms with Crippen LogP contribution in [0.1, 0.15) is 15.9 Å². The molecule has 2 N–H and O–H groups in total. The molecular weight excluding hydrogens is 482 g/mol. The molecule has 5 rings (SSSR count). The molecule has 0 atom stereocenters. The minimum Gasteiger partial charge on any atom is -0.505 e. The van der Waals surface area contributed by atoms with Gasteiger partial charge in [0.1, 0.15) is 34.6 Å². The van der Waals surface area contributed by atoms with Gasteiger partial charge in [0.05, 0.1) is 11.8 Å². The lowest BCUT2D eigenvalue weighted by Gasteiger charge is -2.12. The van der Waals surface area contributed by atoms with Crippen molar-refractivity contribution in [1.29, 1.82) is 5.26 Å². The smallest absolute Gasteiger partial charge is 0.260 e. The van der Waals surface area contributed by atoms with E-state index in [0.717, 1.165) is 18.2 Å². The van der Waals surface area contributed by atoms with Crippen molar-refractivity contribution in [1.82, 2.24) is 19.7 Å². The number of nitrogens with one attached hydrogen (secondary N) is 1. The molecule has 12 heteroatoms. The van der Waals surface area contributed by atoms with Gasteiger partial charge in [0.15, 0.2) is 11.6 Å². The number of carbonyl (C=O) groups excluding carboxylic acids is 1. The number of halogens is 2. The van der Waals surface area contributed by atoms with Crippen LogP contribution in [0.15, 0.2) is 83.4 Å². The quantitative estimate of drug-likeness (QED) is 0.315. The molecule has 0 saturated carbocycles. The second-order valence-electron chi connectivity index (χ2n) is 7.55. The van der Waals surface area contributed by atoms with Crippen molar-refractivity contribution >= 4 is 33.9 Å². The number of nitrogens with zero attached hydrogens (tertiary/aromatic N) is 7. The van der Waals surface area contributed by atoms with E-state index in [-0.39, 0.29) is 28.6 Å². The molecule has 0 radical (unpaired) electrons. The standard InChI is InChI=1S/C25H14F2N8O2/c26-17-7-3-8-18(27)21(17)32-24(37)20-16-6-2-1-5-14(16)11-19(22(20)36)33-34-23-15(12-28)13-31-35(23)25-29-9-4-10-30-25/h1-11,13,36H,(H,32,37). The molecule has 0 unspecified atom stereocenters. The lowest BCUT2D eigenvalue weighted by Crippen LogP contribution is -2.15. The largest absolute Gasteiger partial charge is 0.505 e. The molecule has 0 aliphatic rings. The normalized spacial score (nSPS) is 11.1. The number of phenolic OH excluding ortho intramolecular Hbond substituents is 1. The molecular formula is C25H14F2N8O2. The molecule has 0 saturated heterocycles. The number of amides is 1. The Balaban J connectivity index is 1.61. The van der Waals surface area contributed by atoms with E-state index in [1.54, 1.807) is 30.3 Å². The summed E-state index contributed by atoms with van der Waals surface area (Å²) in [5, 5.41) is 35.7.